The van der Waals surface area contributed by atoms with Crippen LogP contribution in [0.5, 0.6) is 0 Å². The standard InChI is InChI=1S/C5H9ClO2/c1-4(3-7)5(8)2-6/h3-5,8H,2H2,1H3/t4-,5+/m1/s1. The minimum Gasteiger partial charge on any atom is -0.391 e. The van der Waals surface area contributed by atoms with Crippen molar-refractivity contribution in [1.29, 1.82) is 0 Å². The molecule has 0 aromatic rings. The maximum absolute atomic E-state index is 9.89. The normalized spacial score (nSPS) is 17.4. The minimum atomic E-state index is -0.686. The summed E-state index contributed by atoms with van der Waals surface area (Å²) in [4.78, 5) is 9.89. The Morgan fingerprint density at radius 2 is 2.38 bits per heavy atom. The molecular weight excluding hydrogens is 128 g/mol. The van der Waals surface area contributed by atoms with E-state index in [-0.39, 0.29) is 11.8 Å². The second-order valence-corrected chi connectivity index (χ2v) is 2.03. The number of carbonyl (C=O) groups excluding carboxylic acids is 1. The number of rotatable bonds is 3. The molecule has 48 valence electrons. The van der Waals surface area contributed by atoms with Gasteiger partial charge in [-0.05, 0) is 0 Å². The van der Waals surface area contributed by atoms with Crippen molar-refractivity contribution in [3.8, 4) is 0 Å². The topological polar surface area (TPSA) is 37.3 Å². The van der Waals surface area contributed by atoms with Gasteiger partial charge in [0, 0.05) is 11.8 Å². The van der Waals surface area contributed by atoms with Gasteiger partial charge in [0.1, 0.15) is 6.29 Å². The summed E-state index contributed by atoms with van der Waals surface area (Å²) >= 11 is 5.22. The number of hydrogen-bond donors (Lipinski definition) is 1. The third kappa shape index (κ3) is 2.28. The fourth-order valence-corrected chi connectivity index (χ4v) is 0.512. The van der Waals surface area contributed by atoms with Gasteiger partial charge < -0.3 is 9.90 Å². The van der Waals surface area contributed by atoms with Crippen LogP contribution in [-0.4, -0.2) is 23.4 Å². The van der Waals surface area contributed by atoms with E-state index in [4.69, 9.17) is 16.7 Å². The molecule has 0 aliphatic heterocycles. The molecule has 1 N–H and O–H groups in total. The molecular formula is C5H9ClO2. The van der Waals surface area contributed by atoms with E-state index >= 15 is 0 Å². The van der Waals surface area contributed by atoms with Crippen molar-refractivity contribution >= 4 is 17.9 Å². The average molecular weight is 137 g/mol. The molecule has 0 aromatic heterocycles. The summed E-state index contributed by atoms with van der Waals surface area (Å²) in [6.45, 7) is 1.63. The summed E-state index contributed by atoms with van der Waals surface area (Å²) in [6, 6.07) is 0. The maximum Gasteiger partial charge on any atom is 0.125 e. The molecule has 0 spiro atoms. The molecule has 0 saturated heterocycles. The second-order valence-electron chi connectivity index (χ2n) is 1.72. The Hall–Kier alpha value is -0.0800. The summed E-state index contributed by atoms with van der Waals surface area (Å²) < 4.78 is 0. The lowest BCUT2D eigenvalue weighted by Crippen LogP contribution is -2.19. The van der Waals surface area contributed by atoms with Gasteiger partial charge in [0.05, 0.1) is 6.10 Å². The molecule has 0 amide bonds. The van der Waals surface area contributed by atoms with Crippen molar-refractivity contribution in [2.24, 2.45) is 5.92 Å². The molecule has 2 atom stereocenters. The summed E-state index contributed by atoms with van der Waals surface area (Å²) in [5.74, 6) is -0.215. The molecule has 0 saturated carbocycles. The van der Waals surface area contributed by atoms with Crippen molar-refractivity contribution < 1.29 is 9.90 Å². The number of aliphatic hydroxyl groups excluding tert-OH is 1. The number of hydrogen-bond acceptors (Lipinski definition) is 2. The monoisotopic (exact) mass is 136 g/mol. The summed E-state index contributed by atoms with van der Waals surface area (Å²) in [5, 5.41) is 8.76. The zero-order chi connectivity index (χ0) is 6.57. The predicted octanol–water partition coefficient (Wildman–Crippen LogP) is 0.421. The highest BCUT2D eigenvalue weighted by Crippen LogP contribution is 1.99. The molecule has 8 heavy (non-hydrogen) atoms. The van der Waals surface area contributed by atoms with Crippen LogP contribution in [0.1, 0.15) is 6.92 Å². The van der Waals surface area contributed by atoms with E-state index in [9.17, 15) is 4.79 Å². The summed E-state index contributed by atoms with van der Waals surface area (Å²) in [6.07, 6.45) is 0.00159. The van der Waals surface area contributed by atoms with Gasteiger partial charge in [0.25, 0.3) is 0 Å². The molecule has 0 rings (SSSR count). The Labute approximate surface area is 53.5 Å². The van der Waals surface area contributed by atoms with Gasteiger partial charge in [-0.25, -0.2) is 0 Å². The molecule has 0 radical (unpaired) electrons. The van der Waals surface area contributed by atoms with Crippen LogP contribution in [-0.2, 0) is 4.79 Å². The minimum absolute atomic E-state index is 0.125. The van der Waals surface area contributed by atoms with Gasteiger partial charge in [0.15, 0.2) is 0 Å². The highest BCUT2D eigenvalue weighted by molar-refractivity contribution is 6.18. The first-order chi connectivity index (χ1) is 3.72. The molecule has 0 aromatic carbocycles. The quantitative estimate of drug-likeness (QED) is 0.451. The molecule has 0 bridgehead atoms. The fraction of sp³-hybridized carbons (Fsp3) is 0.800. The van der Waals surface area contributed by atoms with Crippen molar-refractivity contribution in [3.05, 3.63) is 0 Å². The van der Waals surface area contributed by atoms with Gasteiger partial charge in [-0.1, -0.05) is 6.92 Å². The Morgan fingerprint density at radius 3 is 2.50 bits per heavy atom. The smallest absolute Gasteiger partial charge is 0.125 e. The van der Waals surface area contributed by atoms with Gasteiger partial charge in [-0.3, -0.25) is 0 Å². The van der Waals surface area contributed by atoms with Crippen molar-refractivity contribution in [3.63, 3.8) is 0 Å². The van der Waals surface area contributed by atoms with E-state index in [1.807, 2.05) is 0 Å². The van der Waals surface area contributed by atoms with Gasteiger partial charge in [-0.15, -0.1) is 11.6 Å². The van der Waals surface area contributed by atoms with Crippen LogP contribution in [0.25, 0.3) is 0 Å². The molecule has 0 heterocycles. The zero-order valence-electron chi connectivity index (χ0n) is 4.67. The van der Waals surface area contributed by atoms with Crippen LogP contribution < -0.4 is 0 Å². The Bertz CT molecular complexity index is 74.8. The number of carbonyl (C=O) groups is 1. The molecule has 0 aliphatic carbocycles. The molecule has 0 fully saturated rings. The molecule has 0 unspecified atom stereocenters. The van der Waals surface area contributed by atoms with E-state index < -0.39 is 6.10 Å². The van der Waals surface area contributed by atoms with Crippen LogP contribution in [0.15, 0.2) is 0 Å². The predicted molar refractivity (Wildman–Crippen MR) is 32.0 cm³/mol. The number of alkyl halides is 1. The Kier molecular flexibility index (Phi) is 3.83. The first-order valence-electron chi connectivity index (χ1n) is 2.41. The summed E-state index contributed by atoms with van der Waals surface area (Å²) in [5.41, 5.74) is 0. The second kappa shape index (κ2) is 3.87. The van der Waals surface area contributed by atoms with E-state index in [0.29, 0.717) is 6.29 Å². The maximum atomic E-state index is 9.89. The molecule has 2 nitrogen and oxygen atoms in total. The van der Waals surface area contributed by atoms with Crippen molar-refractivity contribution in [2.75, 3.05) is 5.88 Å². The Balaban J connectivity index is 3.44. The fourth-order valence-electron chi connectivity index (χ4n) is 0.231. The van der Waals surface area contributed by atoms with Crippen molar-refractivity contribution in [2.45, 2.75) is 13.0 Å². The van der Waals surface area contributed by atoms with E-state index in [2.05, 4.69) is 0 Å². The van der Waals surface area contributed by atoms with Gasteiger partial charge in [-0.2, -0.15) is 0 Å². The summed E-state index contributed by atoms with van der Waals surface area (Å²) in [7, 11) is 0. The highest BCUT2D eigenvalue weighted by atomic mass is 35.5. The lowest BCUT2D eigenvalue weighted by atomic mass is 10.1. The van der Waals surface area contributed by atoms with Crippen LogP contribution in [0.3, 0.4) is 0 Å². The third-order valence-electron chi connectivity index (χ3n) is 0.980. The van der Waals surface area contributed by atoms with E-state index in [1.165, 1.54) is 0 Å². The van der Waals surface area contributed by atoms with Crippen molar-refractivity contribution in [1.82, 2.24) is 0 Å². The van der Waals surface area contributed by atoms with Gasteiger partial charge in [0.2, 0.25) is 0 Å². The first-order valence-corrected chi connectivity index (χ1v) is 2.95. The van der Waals surface area contributed by atoms with E-state index in [1.54, 1.807) is 6.92 Å². The zero-order valence-corrected chi connectivity index (χ0v) is 5.43. The van der Waals surface area contributed by atoms with Crippen LogP contribution in [0.2, 0.25) is 0 Å². The SMILES string of the molecule is C[C@H](C=O)[C@@H](O)CCl. The van der Waals surface area contributed by atoms with Crippen LogP contribution in [0, 0.1) is 5.92 Å². The first kappa shape index (κ1) is 7.92. The average Bonchev–Trinajstić information content (AvgIpc) is 1.84. The van der Waals surface area contributed by atoms with Crippen LogP contribution in [0.4, 0.5) is 0 Å². The number of aliphatic hydroxyl groups is 1. The van der Waals surface area contributed by atoms with E-state index in [0.717, 1.165) is 0 Å². The lowest BCUT2D eigenvalue weighted by Gasteiger charge is -2.07. The highest BCUT2D eigenvalue weighted by Gasteiger charge is 2.09. The lowest BCUT2D eigenvalue weighted by molar-refractivity contribution is -0.113. The molecule has 3 heteroatoms. The largest absolute Gasteiger partial charge is 0.391 e. The van der Waals surface area contributed by atoms with Gasteiger partial charge >= 0.3 is 0 Å². The number of aldehydes is 1. The third-order valence-corrected chi connectivity index (χ3v) is 1.30. The molecule has 0 aliphatic rings. The van der Waals surface area contributed by atoms with Crippen LogP contribution >= 0.6 is 11.6 Å². The number of halogens is 1. The Morgan fingerprint density at radius 1 is 1.88 bits per heavy atom.